The van der Waals surface area contributed by atoms with Crippen LogP contribution in [0.5, 0.6) is 0 Å². The Morgan fingerprint density at radius 3 is 2.11 bits per heavy atom. The van der Waals surface area contributed by atoms with E-state index in [1.165, 1.54) is 12.1 Å². The monoisotopic (exact) mass is 656 g/mol. The van der Waals surface area contributed by atoms with Crippen molar-refractivity contribution in [2.45, 2.75) is 69.1 Å². The van der Waals surface area contributed by atoms with Crippen LogP contribution in [-0.4, -0.2) is 66.4 Å². The molecular formula is C35H45FN2O7S. The Labute approximate surface area is 270 Å². The van der Waals surface area contributed by atoms with Gasteiger partial charge in [0.05, 0.1) is 37.5 Å². The van der Waals surface area contributed by atoms with Gasteiger partial charge in [-0.2, -0.15) is 0 Å². The molecule has 9 nitrogen and oxygen atoms in total. The molecule has 4 rings (SSSR count). The second kappa shape index (κ2) is 16.1. The smallest absolute Gasteiger partial charge is 0.233 e. The van der Waals surface area contributed by atoms with E-state index in [0.717, 1.165) is 54.3 Å². The maximum Gasteiger partial charge on any atom is 0.233 e. The molecule has 3 unspecified atom stereocenters. The van der Waals surface area contributed by atoms with E-state index in [9.17, 15) is 38.0 Å². The fraction of sp³-hybridized carbons (Fsp3) is 0.457. The molecule has 1 aliphatic rings. The molecule has 1 amide bonds. The Morgan fingerprint density at radius 1 is 0.891 bits per heavy atom. The number of nitrogens with one attached hydrogen (secondary N) is 1. The molecule has 0 saturated carbocycles. The third-order valence-corrected chi connectivity index (χ3v) is 9.46. The SMILES string of the molecule is CS(=O)(=O)NCCCCCc1ccc(N2C(=O)C(CCC(O)c3ccc(F)cc3)C2c2ccc(CCC(O)(CO)CO)cc2)cc1. The number of amides is 1. The Balaban J connectivity index is 1.44. The predicted octanol–water partition coefficient (Wildman–Crippen LogP) is 3.95. The first-order chi connectivity index (χ1) is 21.9. The van der Waals surface area contributed by atoms with Crippen LogP contribution in [0.1, 0.15) is 72.9 Å². The number of carbonyl (C=O) groups excluding carboxylic acids is 1. The average Bonchev–Trinajstić information content (AvgIpc) is 3.04. The number of benzene rings is 3. The van der Waals surface area contributed by atoms with E-state index in [2.05, 4.69) is 4.72 Å². The van der Waals surface area contributed by atoms with E-state index in [0.29, 0.717) is 31.4 Å². The van der Waals surface area contributed by atoms with Gasteiger partial charge >= 0.3 is 0 Å². The number of hydrogen-bond donors (Lipinski definition) is 5. The topological polar surface area (TPSA) is 147 Å². The summed E-state index contributed by atoms with van der Waals surface area (Å²) < 4.78 is 38.3. The van der Waals surface area contributed by atoms with Crippen LogP contribution in [-0.2, 0) is 27.7 Å². The molecule has 3 atom stereocenters. The number of β-lactam (4-membered cyclic amide) rings is 1. The predicted molar refractivity (Wildman–Crippen MR) is 175 cm³/mol. The summed E-state index contributed by atoms with van der Waals surface area (Å²) in [5.74, 6) is -0.785. The third-order valence-electron chi connectivity index (χ3n) is 8.73. The molecule has 0 bridgehead atoms. The third kappa shape index (κ3) is 9.66. The van der Waals surface area contributed by atoms with Crippen molar-refractivity contribution in [3.8, 4) is 0 Å². The summed E-state index contributed by atoms with van der Waals surface area (Å²) >= 11 is 0. The molecule has 46 heavy (non-hydrogen) atoms. The normalized spacial score (nSPS) is 17.6. The van der Waals surface area contributed by atoms with E-state index < -0.39 is 34.9 Å². The van der Waals surface area contributed by atoms with Crippen molar-refractivity contribution in [1.29, 1.82) is 0 Å². The highest BCUT2D eigenvalue weighted by Crippen LogP contribution is 2.46. The number of rotatable bonds is 18. The summed E-state index contributed by atoms with van der Waals surface area (Å²) in [5, 5.41) is 39.8. The average molecular weight is 657 g/mol. The molecule has 0 radical (unpaired) electrons. The van der Waals surface area contributed by atoms with Gasteiger partial charge in [-0.1, -0.05) is 55.0 Å². The van der Waals surface area contributed by atoms with Crippen LogP contribution < -0.4 is 9.62 Å². The van der Waals surface area contributed by atoms with Gasteiger partial charge in [-0.3, -0.25) is 4.79 Å². The van der Waals surface area contributed by atoms with Gasteiger partial charge in [-0.25, -0.2) is 17.5 Å². The van der Waals surface area contributed by atoms with Gasteiger partial charge in [0.25, 0.3) is 0 Å². The van der Waals surface area contributed by atoms with Gasteiger partial charge in [-0.05, 0) is 91.5 Å². The highest BCUT2D eigenvalue weighted by Gasteiger charge is 2.48. The van der Waals surface area contributed by atoms with Crippen molar-refractivity contribution < 1.29 is 38.0 Å². The first kappa shape index (κ1) is 35.7. The standard InChI is InChI=1S/C35H45FN2O7S/c1-46(44,45)37-22-4-2-3-5-25-8-16-30(17-9-25)38-33(28-10-6-26(7-11-28)20-21-35(43,23-39)24-40)31(34(38)42)18-19-32(41)27-12-14-29(36)15-13-27/h6-17,31-33,37,39-41,43H,2-5,18-24H2,1H3. The number of aliphatic hydroxyl groups excluding tert-OH is 3. The molecule has 1 aliphatic heterocycles. The van der Waals surface area contributed by atoms with E-state index in [4.69, 9.17) is 0 Å². The summed E-state index contributed by atoms with van der Waals surface area (Å²) in [7, 11) is -3.17. The second-order valence-corrected chi connectivity index (χ2v) is 14.2. The number of sulfonamides is 1. The summed E-state index contributed by atoms with van der Waals surface area (Å²) in [6.07, 6.45) is 5.14. The van der Waals surface area contributed by atoms with Crippen molar-refractivity contribution in [1.82, 2.24) is 4.72 Å². The van der Waals surface area contributed by atoms with Crippen LogP contribution >= 0.6 is 0 Å². The lowest BCUT2D eigenvalue weighted by atomic mass is 9.78. The number of aryl methyl sites for hydroxylation is 2. The Morgan fingerprint density at radius 2 is 1.50 bits per heavy atom. The lowest BCUT2D eigenvalue weighted by molar-refractivity contribution is -0.131. The number of aliphatic hydroxyl groups is 4. The zero-order valence-corrected chi connectivity index (χ0v) is 27.0. The molecule has 5 N–H and O–H groups in total. The van der Waals surface area contributed by atoms with Crippen molar-refractivity contribution in [3.05, 3.63) is 101 Å². The number of carbonyl (C=O) groups is 1. The maximum atomic E-state index is 13.6. The summed E-state index contributed by atoms with van der Waals surface area (Å²) in [4.78, 5) is 15.4. The van der Waals surface area contributed by atoms with Crippen LogP contribution in [0.15, 0.2) is 72.8 Å². The van der Waals surface area contributed by atoms with Crippen LogP contribution in [0.4, 0.5) is 10.1 Å². The molecular weight excluding hydrogens is 611 g/mol. The minimum Gasteiger partial charge on any atom is -0.393 e. The number of nitrogens with zero attached hydrogens (tertiary/aromatic N) is 1. The van der Waals surface area contributed by atoms with Crippen LogP contribution in [0, 0.1) is 11.7 Å². The largest absolute Gasteiger partial charge is 0.393 e. The first-order valence-corrected chi connectivity index (χ1v) is 17.7. The molecule has 250 valence electrons. The first-order valence-electron chi connectivity index (χ1n) is 15.8. The lowest BCUT2D eigenvalue weighted by Gasteiger charge is -2.48. The minimum absolute atomic E-state index is 0.0394. The Kier molecular flexibility index (Phi) is 12.5. The Hall–Kier alpha value is -3.19. The molecule has 11 heteroatoms. The molecule has 0 aromatic heterocycles. The van der Waals surface area contributed by atoms with Crippen molar-refractivity contribution >= 4 is 21.6 Å². The number of anilines is 1. The van der Waals surface area contributed by atoms with Gasteiger partial charge in [0.2, 0.25) is 15.9 Å². The zero-order valence-electron chi connectivity index (χ0n) is 26.2. The fourth-order valence-electron chi connectivity index (χ4n) is 5.87. The summed E-state index contributed by atoms with van der Waals surface area (Å²) in [6, 6.07) is 21.1. The van der Waals surface area contributed by atoms with Gasteiger partial charge in [0, 0.05) is 12.2 Å². The highest BCUT2D eigenvalue weighted by molar-refractivity contribution is 7.88. The number of unbranched alkanes of at least 4 members (excludes halogenated alkanes) is 2. The number of halogens is 1. The van der Waals surface area contributed by atoms with Crippen LogP contribution in [0.3, 0.4) is 0 Å². The van der Waals surface area contributed by atoms with Crippen LogP contribution in [0.2, 0.25) is 0 Å². The Bertz CT molecular complexity index is 1510. The van der Waals surface area contributed by atoms with Crippen molar-refractivity contribution in [2.24, 2.45) is 5.92 Å². The lowest BCUT2D eigenvalue weighted by Crippen LogP contribution is -2.55. The molecule has 1 heterocycles. The molecule has 0 aliphatic carbocycles. The van der Waals surface area contributed by atoms with Gasteiger partial charge in [0.1, 0.15) is 11.4 Å². The van der Waals surface area contributed by atoms with Gasteiger partial charge < -0.3 is 25.3 Å². The zero-order chi connectivity index (χ0) is 33.3. The quantitative estimate of drug-likeness (QED) is 0.103. The molecule has 1 fully saturated rings. The van der Waals surface area contributed by atoms with Crippen molar-refractivity contribution in [2.75, 3.05) is 30.9 Å². The van der Waals surface area contributed by atoms with Gasteiger partial charge in [-0.15, -0.1) is 0 Å². The molecule has 3 aromatic rings. The van der Waals surface area contributed by atoms with Crippen LogP contribution in [0.25, 0.3) is 0 Å². The molecule has 0 spiro atoms. The van der Waals surface area contributed by atoms with E-state index >= 15 is 0 Å². The fourth-order valence-corrected chi connectivity index (χ4v) is 6.38. The minimum atomic E-state index is -3.17. The van der Waals surface area contributed by atoms with Crippen molar-refractivity contribution in [3.63, 3.8) is 0 Å². The van der Waals surface area contributed by atoms with E-state index in [1.807, 2.05) is 48.5 Å². The molecule has 3 aromatic carbocycles. The highest BCUT2D eigenvalue weighted by atomic mass is 32.2. The van der Waals surface area contributed by atoms with Gasteiger partial charge in [0.15, 0.2) is 0 Å². The summed E-state index contributed by atoms with van der Waals surface area (Å²) in [5.41, 5.74) is 2.79. The second-order valence-electron chi connectivity index (χ2n) is 12.3. The summed E-state index contributed by atoms with van der Waals surface area (Å²) in [6.45, 7) is -0.644. The maximum absolute atomic E-state index is 13.6. The molecule has 1 saturated heterocycles. The van der Waals surface area contributed by atoms with E-state index in [-0.39, 0.29) is 30.1 Å². The number of hydrogen-bond acceptors (Lipinski definition) is 7. The van der Waals surface area contributed by atoms with E-state index in [1.54, 1.807) is 17.0 Å².